The van der Waals surface area contributed by atoms with Crippen molar-refractivity contribution in [2.45, 2.75) is 25.2 Å². The summed E-state index contributed by atoms with van der Waals surface area (Å²) in [5.41, 5.74) is 0.936. The zero-order valence-electron chi connectivity index (χ0n) is 8.86. The van der Waals surface area contributed by atoms with Crippen LogP contribution in [0, 0.1) is 0 Å². The molecule has 1 aliphatic rings. The standard InChI is InChI=1S/C12H14FNO2/c13-10-6-11(14-7-10)12(15)16-8-9-4-2-1-3-5-9/h1-5,10-11,14H,6-8H2. The molecule has 3 nitrogen and oxygen atoms in total. The van der Waals surface area contributed by atoms with Crippen LogP contribution in [0.4, 0.5) is 4.39 Å². The first-order valence-electron chi connectivity index (χ1n) is 5.34. The number of esters is 1. The van der Waals surface area contributed by atoms with E-state index in [-0.39, 0.29) is 25.5 Å². The van der Waals surface area contributed by atoms with Gasteiger partial charge in [0.15, 0.2) is 0 Å². The molecule has 2 atom stereocenters. The molecule has 2 rings (SSSR count). The summed E-state index contributed by atoms with van der Waals surface area (Å²) in [6.45, 7) is 0.486. The molecule has 2 unspecified atom stereocenters. The second-order valence-electron chi connectivity index (χ2n) is 3.89. The van der Waals surface area contributed by atoms with E-state index in [1.807, 2.05) is 30.3 Å². The normalized spacial score (nSPS) is 24.3. The number of rotatable bonds is 3. The summed E-state index contributed by atoms with van der Waals surface area (Å²) in [6, 6.07) is 8.94. The minimum absolute atomic E-state index is 0.216. The van der Waals surface area contributed by atoms with E-state index in [1.54, 1.807) is 0 Å². The Morgan fingerprint density at radius 3 is 2.81 bits per heavy atom. The Labute approximate surface area is 93.6 Å². The minimum atomic E-state index is -0.936. The predicted octanol–water partition coefficient (Wildman–Crippen LogP) is 1.43. The van der Waals surface area contributed by atoms with Gasteiger partial charge in [0.1, 0.15) is 18.8 Å². The van der Waals surface area contributed by atoms with Crippen LogP contribution in [0.2, 0.25) is 0 Å². The van der Waals surface area contributed by atoms with Gasteiger partial charge in [0, 0.05) is 13.0 Å². The number of halogens is 1. The van der Waals surface area contributed by atoms with Crippen molar-refractivity contribution in [2.75, 3.05) is 6.54 Å². The van der Waals surface area contributed by atoms with Gasteiger partial charge in [0.2, 0.25) is 0 Å². The first-order valence-corrected chi connectivity index (χ1v) is 5.34. The summed E-state index contributed by atoms with van der Waals surface area (Å²) in [5.74, 6) is -0.371. The maximum atomic E-state index is 12.8. The zero-order chi connectivity index (χ0) is 11.4. The molecule has 86 valence electrons. The lowest BCUT2D eigenvalue weighted by Crippen LogP contribution is -2.32. The smallest absolute Gasteiger partial charge is 0.323 e. The summed E-state index contributed by atoms with van der Waals surface area (Å²) in [6.07, 6.45) is -0.720. The number of ether oxygens (including phenoxy) is 1. The second kappa shape index (κ2) is 5.07. The predicted molar refractivity (Wildman–Crippen MR) is 57.5 cm³/mol. The summed E-state index contributed by atoms with van der Waals surface area (Å²) < 4.78 is 17.9. The van der Waals surface area contributed by atoms with Gasteiger partial charge in [-0.05, 0) is 5.56 Å². The van der Waals surface area contributed by atoms with Crippen molar-refractivity contribution < 1.29 is 13.9 Å². The van der Waals surface area contributed by atoms with Crippen LogP contribution in [0.1, 0.15) is 12.0 Å². The molecule has 0 aromatic heterocycles. The molecule has 1 aromatic rings. The van der Waals surface area contributed by atoms with Crippen molar-refractivity contribution in [2.24, 2.45) is 0 Å². The summed E-state index contributed by atoms with van der Waals surface area (Å²) in [7, 11) is 0. The summed E-state index contributed by atoms with van der Waals surface area (Å²) >= 11 is 0. The van der Waals surface area contributed by atoms with Gasteiger partial charge in [-0.2, -0.15) is 0 Å². The molecule has 0 aliphatic carbocycles. The fourth-order valence-corrected chi connectivity index (χ4v) is 1.70. The van der Waals surface area contributed by atoms with E-state index in [1.165, 1.54) is 0 Å². The van der Waals surface area contributed by atoms with Gasteiger partial charge in [-0.1, -0.05) is 30.3 Å². The number of nitrogens with one attached hydrogen (secondary N) is 1. The van der Waals surface area contributed by atoms with Gasteiger partial charge < -0.3 is 10.1 Å². The highest BCUT2D eigenvalue weighted by molar-refractivity contribution is 5.76. The number of carbonyl (C=O) groups is 1. The fraction of sp³-hybridized carbons (Fsp3) is 0.417. The lowest BCUT2D eigenvalue weighted by Gasteiger charge is -2.09. The molecule has 0 bridgehead atoms. The zero-order valence-corrected chi connectivity index (χ0v) is 8.86. The van der Waals surface area contributed by atoms with Gasteiger partial charge in [-0.15, -0.1) is 0 Å². The monoisotopic (exact) mass is 223 g/mol. The Bertz CT molecular complexity index is 355. The average Bonchev–Trinajstić information content (AvgIpc) is 2.74. The van der Waals surface area contributed by atoms with Crippen LogP contribution < -0.4 is 5.32 Å². The molecule has 1 N–H and O–H groups in total. The molecule has 0 saturated carbocycles. The third-order valence-corrected chi connectivity index (χ3v) is 2.59. The Morgan fingerprint density at radius 1 is 1.44 bits per heavy atom. The molecule has 0 amide bonds. The fourth-order valence-electron chi connectivity index (χ4n) is 1.70. The quantitative estimate of drug-likeness (QED) is 0.788. The van der Waals surface area contributed by atoms with Crippen LogP contribution in [0.15, 0.2) is 30.3 Å². The molecule has 1 heterocycles. The van der Waals surface area contributed by atoms with E-state index in [9.17, 15) is 9.18 Å². The van der Waals surface area contributed by atoms with E-state index < -0.39 is 12.2 Å². The third-order valence-electron chi connectivity index (χ3n) is 2.59. The van der Waals surface area contributed by atoms with Crippen LogP contribution >= 0.6 is 0 Å². The van der Waals surface area contributed by atoms with Gasteiger partial charge >= 0.3 is 5.97 Å². The van der Waals surface area contributed by atoms with Gasteiger partial charge in [0.05, 0.1) is 0 Å². The highest BCUT2D eigenvalue weighted by Crippen LogP contribution is 2.12. The Hall–Kier alpha value is -1.42. The van der Waals surface area contributed by atoms with Crippen LogP contribution in [-0.4, -0.2) is 24.7 Å². The first-order chi connectivity index (χ1) is 7.75. The number of alkyl halides is 1. The summed E-state index contributed by atoms with van der Waals surface area (Å²) in [5, 5.41) is 2.79. The SMILES string of the molecule is O=C(OCc1ccccc1)C1CC(F)CN1. The Balaban J connectivity index is 1.80. The van der Waals surface area contributed by atoms with Crippen LogP contribution in [0.25, 0.3) is 0 Å². The molecule has 1 fully saturated rings. The van der Waals surface area contributed by atoms with Crippen molar-refractivity contribution in [1.29, 1.82) is 0 Å². The maximum absolute atomic E-state index is 12.8. The molecule has 1 saturated heterocycles. The van der Waals surface area contributed by atoms with Gasteiger partial charge in [0.25, 0.3) is 0 Å². The molecule has 1 aliphatic heterocycles. The molecular formula is C12H14FNO2. The van der Waals surface area contributed by atoms with Crippen molar-refractivity contribution in [3.63, 3.8) is 0 Å². The van der Waals surface area contributed by atoms with E-state index >= 15 is 0 Å². The van der Waals surface area contributed by atoms with Crippen LogP contribution in [0.5, 0.6) is 0 Å². The van der Waals surface area contributed by atoms with Crippen molar-refractivity contribution >= 4 is 5.97 Å². The molecule has 16 heavy (non-hydrogen) atoms. The second-order valence-corrected chi connectivity index (χ2v) is 3.89. The van der Waals surface area contributed by atoms with Gasteiger partial charge in [-0.3, -0.25) is 4.79 Å². The number of benzene rings is 1. The van der Waals surface area contributed by atoms with E-state index in [4.69, 9.17) is 4.74 Å². The van der Waals surface area contributed by atoms with Crippen molar-refractivity contribution in [1.82, 2.24) is 5.32 Å². The highest BCUT2D eigenvalue weighted by atomic mass is 19.1. The molecule has 0 spiro atoms. The topological polar surface area (TPSA) is 38.3 Å². The number of carbonyl (C=O) groups excluding carboxylic acids is 1. The molecule has 1 aromatic carbocycles. The van der Waals surface area contributed by atoms with Gasteiger partial charge in [-0.25, -0.2) is 4.39 Å². The molecule has 4 heteroatoms. The highest BCUT2D eigenvalue weighted by Gasteiger charge is 2.30. The Kier molecular flexibility index (Phi) is 3.51. The third kappa shape index (κ3) is 2.79. The lowest BCUT2D eigenvalue weighted by molar-refractivity contribution is -0.147. The number of hydrogen-bond acceptors (Lipinski definition) is 3. The van der Waals surface area contributed by atoms with Crippen molar-refractivity contribution in [3.05, 3.63) is 35.9 Å². The average molecular weight is 223 g/mol. The first kappa shape index (κ1) is 11.1. The molecular weight excluding hydrogens is 209 g/mol. The van der Waals surface area contributed by atoms with Crippen LogP contribution in [0.3, 0.4) is 0 Å². The van der Waals surface area contributed by atoms with E-state index in [0.717, 1.165) is 5.56 Å². The largest absolute Gasteiger partial charge is 0.460 e. The molecule has 0 radical (unpaired) electrons. The maximum Gasteiger partial charge on any atom is 0.323 e. The lowest BCUT2D eigenvalue weighted by atomic mass is 10.2. The van der Waals surface area contributed by atoms with E-state index in [0.29, 0.717) is 0 Å². The Morgan fingerprint density at radius 2 is 2.19 bits per heavy atom. The number of hydrogen-bond donors (Lipinski definition) is 1. The minimum Gasteiger partial charge on any atom is -0.460 e. The van der Waals surface area contributed by atoms with Crippen molar-refractivity contribution in [3.8, 4) is 0 Å². The summed E-state index contributed by atoms with van der Waals surface area (Å²) in [4.78, 5) is 11.5. The van der Waals surface area contributed by atoms with Crippen LogP contribution in [-0.2, 0) is 16.1 Å². The van der Waals surface area contributed by atoms with E-state index in [2.05, 4.69) is 5.32 Å².